The molecule has 74 valence electrons. The van der Waals surface area contributed by atoms with E-state index in [9.17, 15) is 9.90 Å². The van der Waals surface area contributed by atoms with Gasteiger partial charge in [-0.1, -0.05) is 30.3 Å². The minimum atomic E-state index is -1.08. The molecule has 0 bridgehead atoms. The van der Waals surface area contributed by atoms with Gasteiger partial charge in [0.15, 0.2) is 0 Å². The zero-order valence-electron chi connectivity index (χ0n) is 8.64. The zero-order chi connectivity index (χ0) is 10.2. The van der Waals surface area contributed by atoms with E-state index in [1.807, 2.05) is 6.07 Å². The van der Waals surface area contributed by atoms with Crippen LogP contribution in [-0.2, 0) is 10.2 Å². The van der Waals surface area contributed by atoms with Gasteiger partial charge in [-0.15, -0.1) is 0 Å². The van der Waals surface area contributed by atoms with Crippen molar-refractivity contribution in [2.24, 2.45) is 5.92 Å². The summed E-state index contributed by atoms with van der Waals surface area (Å²) < 4.78 is 0. The number of carbonyl (C=O) groups excluding carboxylic acids is 1. The number of hydrogen-bond donors (Lipinski definition) is 1. The van der Waals surface area contributed by atoms with E-state index >= 15 is 0 Å². The molecule has 4 heteroatoms. The van der Waals surface area contributed by atoms with Gasteiger partial charge in [-0.05, 0) is 17.9 Å². The summed E-state index contributed by atoms with van der Waals surface area (Å²) in [6.07, 6.45) is 0.482. The van der Waals surface area contributed by atoms with Crippen LogP contribution >= 0.6 is 0 Å². The van der Waals surface area contributed by atoms with Crippen molar-refractivity contribution in [2.75, 3.05) is 6.61 Å². The summed E-state index contributed by atoms with van der Waals surface area (Å²) in [7, 11) is 0. The number of aliphatic hydroxyl groups is 1. The van der Waals surface area contributed by atoms with Gasteiger partial charge in [0, 0.05) is 12.0 Å². The molecule has 15 heavy (non-hydrogen) atoms. The summed E-state index contributed by atoms with van der Waals surface area (Å²) in [6, 6.07) is 8.97. The van der Waals surface area contributed by atoms with Crippen LogP contribution in [-0.4, -0.2) is 17.7 Å². The van der Waals surface area contributed by atoms with Crippen molar-refractivity contribution in [2.45, 2.75) is 11.8 Å². The molecule has 1 N–H and O–H groups in total. The molecule has 1 aromatic rings. The number of rotatable bonds is 3. The minimum absolute atomic E-state index is 0. The van der Waals surface area contributed by atoms with E-state index in [0.717, 1.165) is 5.56 Å². The van der Waals surface area contributed by atoms with Gasteiger partial charge in [-0.2, -0.15) is 0 Å². The molecule has 1 fully saturated rings. The van der Waals surface area contributed by atoms with Crippen molar-refractivity contribution >= 4 is 5.97 Å². The first-order valence-corrected chi connectivity index (χ1v) is 4.59. The van der Waals surface area contributed by atoms with Gasteiger partial charge in [-0.3, -0.25) is 0 Å². The first-order chi connectivity index (χ1) is 6.71. The number of carboxylic acid groups (broad SMARTS) is 1. The first kappa shape index (κ1) is 12.7. The Labute approximate surface area is 110 Å². The molecule has 2 rings (SSSR count). The molecule has 0 saturated heterocycles. The fraction of sp³-hybridized carbons (Fsp3) is 0.364. The van der Waals surface area contributed by atoms with E-state index in [1.165, 1.54) is 0 Å². The zero-order valence-corrected chi connectivity index (χ0v) is 10.6. The summed E-state index contributed by atoms with van der Waals surface area (Å²) in [5.41, 5.74) is -0.199. The number of benzene rings is 1. The van der Waals surface area contributed by atoms with E-state index in [2.05, 4.69) is 0 Å². The van der Waals surface area contributed by atoms with Crippen LogP contribution in [0.5, 0.6) is 0 Å². The molecule has 0 radical (unpaired) electrons. The van der Waals surface area contributed by atoms with Crippen LogP contribution in [0.25, 0.3) is 0 Å². The van der Waals surface area contributed by atoms with Crippen LogP contribution in [0.3, 0.4) is 0 Å². The Hall–Kier alpha value is -0.350. The van der Waals surface area contributed by atoms with Gasteiger partial charge in [0.1, 0.15) is 0 Å². The van der Waals surface area contributed by atoms with Crippen molar-refractivity contribution in [3.63, 3.8) is 0 Å². The quantitative estimate of drug-likeness (QED) is 0.536. The van der Waals surface area contributed by atoms with Gasteiger partial charge in [0.25, 0.3) is 0 Å². The van der Waals surface area contributed by atoms with Gasteiger partial charge in [0.2, 0.25) is 0 Å². The largest absolute Gasteiger partial charge is 1.00 e. The number of carboxylic acids is 1. The van der Waals surface area contributed by atoms with Crippen LogP contribution in [0.1, 0.15) is 12.0 Å². The van der Waals surface area contributed by atoms with Crippen molar-refractivity contribution in [3.8, 4) is 0 Å². The molecule has 1 aromatic carbocycles. The number of hydrogen-bond acceptors (Lipinski definition) is 3. The molecule has 0 unspecified atom stereocenters. The van der Waals surface area contributed by atoms with Crippen LogP contribution in [0.15, 0.2) is 30.3 Å². The smallest absolute Gasteiger partial charge is 0.549 e. The van der Waals surface area contributed by atoms with E-state index in [1.54, 1.807) is 24.3 Å². The standard InChI is InChI=1S/C11H12O3.Na/c12-7-9-6-11(9,10(13)14)8-4-2-1-3-5-8;/h1-5,9,12H,6-7H2,(H,13,14);/q;+1/p-1/t9-,11+;/m1./s1. The van der Waals surface area contributed by atoms with Crippen molar-refractivity contribution in [1.29, 1.82) is 0 Å². The van der Waals surface area contributed by atoms with Crippen LogP contribution in [0.4, 0.5) is 0 Å². The molecule has 0 aromatic heterocycles. The topological polar surface area (TPSA) is 60.4 Å². The summed E-state index contributed by atoms with van der Waals surface area (Å²) in [5.74, 6) is -1.27. The summed E-state index contributed by atoms with van der Waals surface area (Å²) in [4.78, 5) is 11.0. The van der Waals surface area contributed by atoms with Gasteiger partial charge < -0.3 is 15.0 Å². The van der Waals surface area contributed by atoms with E-state index < -0.39 is 11.4 Å². The Morgan fingerprint density at radius 2 is 2.07 bits per heavy atom. The number of carbonyl (C=O) groups is 1. The third-order valence-corrected chi connectivity index (χ3v) is 2.98. The molecule has 0 spiro atoms. The Morgan fingerprint density at radius 3 is 2.47 bits per heavy atom. The maximum Gasteiger partial charge on any atom is 1.00 e. The predicted molar refractivity (Wildman–Crippen MR) is 48.3 cm³/mol. The predicted octanol–water partition coefficient (Wildman–Crippen LogP) is -3.31. The molecular weight excluding hydrogens is 203 g/mol. The molecular formula is C11H11NaO3. The van der Waals surface area contributed by atoms with Crippen LogP contribution < -0.4 is 34.7 Å². The maximum absolute atomic E-state index is 11.0. The van der Waals surface area contributed by atoms with Crippen molar-refractivity contribution in [1.82, 2.24) is 0 Å². The van der Waals surface area contributed by atoms with Gasteiger partial charge in [-0.25, -0.2) is 0 Å². The molecule has 3 nitrogen and oxygen atoms in total. The fourth-order valence-electron chi connectivity index (χ4n) is 2.01. The average Bonchev–Trinajstić information content (AvgIpc) is 2.94. The van der Waals surface area contributed by atoms with E-state index in [-0.39, 0.29) is 42.1 Å². The van der Waals surface area contributed by atoms with E-state index in [4.69, 9.17) is 5.11 Å². The molecule has 1 saturated carbocycles. The molecule has 2 atom stereocenters. The Morgan fingerprint density at radius 1 is 1.47 bits per heavy atom. The Bertz CT molecular complexity index is 352. The van der Waals surface area contributed by atoms with Crippen LogP contribution in [0, 0.1) is 5.92 Å². The molecule has 1 aliphatic carbocycles. The monoisotopic (exact) mass is 214 g/mol. The second-order valence-electron chi connectivity index (χ2n) is 3.71. The Balaban J connectivity index is 0.00000112. The summed E-state index contributed by atoms with van der Waals surface area (Å²) in [5, 5.41) is 20.0. The molecule has 0 amide bonds. The fourth-order valence-corrected chi connectivity index (χ4v) is 2.01. The summed E-state index contributed by atoms with van der Waals surface area (Å²) in [6.45, 7) is -0.0944. The van der Waals surface area contributed by atoms with Gasteiger partial charge >= 0.3 is 29.6 Å². The maximum atomic E-state index is 11.0. The third-order valence-electron chi connectivity index (χ3n) is 2.98. The van der Waals surface area contributed by atoms with Crippen LogP contribution in [0.2, 0.25) is 0 Å². The van der Waals surface area contributed by atoms with Crippen molar-refractivity contribution < 1.29 is 44.6 Å². The normalized spacial score (nSPS) is 27.9. The van der Waals surface area contributed by atoms with Gasteiger partial charge in [0.05, 0.1) is 5.97 Å². The SMILES string of the molecule is O=C([O-])[C@]1(c2ccccc2)C[C@@H]1CO.[Na+]. The number of aliphatic carboxylic acids is 1. The second-order valence-corrected chi connectivity index (χ2v) is 3.71. The molecule has 1 aliphatic rings. The molecule has 0 heterocycles. The first-order valence-electron chi connectivity index (χ1n) is 4.59. The third kappa shape index (κ3) is 1.97. The Kier molecular flexibility index (Phi) is 3.95. The second kappa shape index (κ2) is 4.66. The van der Waals surface area contributed by atoms with Crippen molar-refractivity contribution in [3.05, 3.63) is 35.9 Å². The molecule has 0 aliphatic heterocycles. The number of aliphatic hydroxyl groups excluding tert-OH is 1. The summed E-state index contributed by atoms with van der Waals surface area (Å²) >= 11 is 0. The minimum Gasteiger partial charge on any atom is -0.549 e. The average molecular weight is 214 g/mol. The van der Waals surface area contributed by atoms with E-state index in [0.29, 0.717) is 6.42 Å².